The molecule has 1 aliphatic rings. The third kappa shape index (κ3) is 4.11. The summed E-state index contributed by atoms with van der Waals surface area (Å²) < 4.78 is 3.51. The molecule has 1 aliphatic heterocycles. The minimum atomic E-state index is -0.132. The number of para-hydroxylation sites is 1. The number of amides is 1. The van der Waals surface area contributed by atoms with E-state index in [-0.39, 0.29) is 11.5 Å². The number of carbonyl (C=O) groups excluding carboxylic acids is 1. The second-order valence-electron chi connectivity index (χ2n) is 8.91. The maximum atomic E-state index is 13.5. The highest BCUT2D eigenvalue weighted by molar-refractivity contribution is 7.99. The molecule has 8 heteroatoms. The summed E-state index contributed by atoms with van der Waals surface area (Å²) in [5.41, 5.74) is 2.60. The van der Waals surface area contributed by atoms with Gasteiger partial charge in [0.1, 0.15) is 0 Å². The molecular formula is C26H29N5O2S. The van der Waals surface area contributed by atoms with E-state index in [1.807, 2.05) is 45.7 Å². The van der Waals surface area contributed by atoms with E-state index in [2.05, 4.69) is 36.2 Å². The van der Waals surface area contributed by atoms with Crippen molar-refractivity contribution >= 4 is 34.3 Å². The molecule has 5 rings (SSSR count). The standard InChI is InChI=1S/C26H29N5O2S/c1-3-18(2)19-11-13-20(14-12-19)30-24(33)21-9-5-6-10-22(21)31-25(30)27-28-26(31)34-17-23(32)29-15-7-4-8-16-29/h5-6,9-14,18H,3-4,7-8,15-17H2,1-2H3/t18-/m0/s1. The summed E-state index contributed by atoms with van der Waals surface area (Å²) in [6, 6.07) is 15.6. The van der Waals surface area contributed by atoms with E-state index in [9.17, 15) is 9.59 Å². The van der Waals surface area contributed by atoms with Crippen LogP contribution in [-0.4, -0.2) is 48.8 Å². The number of rotatable bonds is 6. The molecule has 0 radical (unpaired) electrons. The van der Waals surface area contributed by atoms with Crippen LogP contribution in [0.15, 0.2) is 58.5 Å². The third-order valence-electron chi connectivity index (χ3n) is 6.76. The van der Waals surface area contributed by atoms with Crippen LogP contribution in [0.1, 0.15) is 51.0 Å². The molecule has 0 bridgehead atoms. The van der Waals surface area contributed by atoms with Crippen molar-refractivity contribution in [1.82, 2.24) is 24.1 Å². The quantitative estimate of drug-likeness (QED) is 0.380. The number of piperidine rings is 1. The van der Waals surface area contributed by atoms with Crippen LogP contribution >= 0.6 is 11.8 Å². The summed E-state index contributed by atoms with van der Waals surface area (Å²) >= 11 is 1.38. The first-order valence-electron chi connectivity index (χ1n) is 12.0. The van der Waals surface area contributed by atoms with Crippen LogP contribution < -0.4 is 5.56 Å². The number of fused-ring (bicyclic) bond motifs is 3. The summed E-state index contributed by atoms with van der Waals surface area (Å²) in [5, 5.41) is 10.00. The molecule has 7 nitrogen and oxygen atoms in total. The molecule has 0 unspecified atom stereocenters. The van der Waals surface area contributed by atoms with Crippen molar-refractivity contribution in [3.05, 3.63) is 64.4 Å². The molecule has 0 spiro atoms. The van der Waals surface area contributed by atoms with E-state index in [4.69, 9.17) is 0 Å². The van der Waals surface area contributed by atoms with Gasteiger partial charge in [-0.3, -0.25) is 14.0 Å². The maximum absolute atomic E-state index is 13.5. The van der Waals surface area contributed by atoms with E-state index in [1.165, 1.54) is 23.7 Å². The Hall–Kier alpha value is -3.13. The molecule has 1 amide bonds. The van der Waals surface area contributed by atoms with Crippen LogP contribution in [0, 0.1) is 0 Å². The molecule has 1 fully saturated rings. The first-order chi connectivity index (χ1) is 16.6. The predicted octanol–water partition coefficient (Wildman–Crippen LogP) is 4.65. The van der Waals surface area contributed by atoms with Gasteiger partial charge in [-0.2, -0.15) is 0 Å². The van der Waals surface area contributed by atoms with Gasteiger partial charge in [0.15, 0.2) is 5.16 Å². The van der Waals surface area contributed by atoms with E-state index < -0.39 is 0 Å². The van der Waals surface area contributed by atoms with Gasteiger partial charge in [0, 0.05) is 13.1 Å². The number of hydrogen-bond donors (Lipinski definition) is 0. The molecule has 0 saturated carbocycles. The average Bonchev–Trinajstić information content (AvgIpc) is 3.31. The van der Waals surface area contributed by atoms with E-state index >= 15 is 0 Å². The maximum Gasteiger partial charge on any atom is 0.267 e. The Morgan fingerprint density at radius 1 is 1.03 bits per heavy atom. The largest absolute Gasteiger partial charge is 0.342 e. The summed E-state index contributed by atoms with van der Waals surface area (Å²) in [6.45, 7) is 6.02. The second-order valence-corrected chi connectivity index (χ2v) is 9.85. The lowest BCUT2D eigenvalue weighted by Crippen LogP contribution is -2.36. The van der Waals surface area contributed by atoms with Crippen molar-refractivity contribution in [2.75, 3.05) is 18.8 Å². The Labute approximate surface area is 202 Å². The predicted molar refractivity (Wildman–Crippen MR) is 136 cm³/mol. The third-order valence-corrected chi connectivity index (χ3v) is 7.67. The van der Waals surface area contributed by atoms with Gasteiger partial charge in [-0.05, 0) is 61.4 Å². The number of likely N-dealkylation sites (tertiary alicyclic amines) is 1. The lowest BCUT2D eigenvalue weighted by Gasteiger charge is -2.26. The van der Waals surface area contributed by atoms with Crippen molar-refractivity contribution < 1.29 is 4.79 Å². The van der Waals surface area contributed by atoms with Crippen LogP contribution in [0.25, 0.3) is 22.4 Å². The van der Waals surface area contributed by atoms with Crippen LogP contribution in [0.3, 0.4) is 0 Å². The highest BCUT2D eigenvalue weighted by Crippen LogP contribution is 2.25. The van der Waals surface area contributed by atoms with Gasteiger partial charge in [0.05, 0.1) is 22.3 Å². The topological polar surface area (TPSA) is 72.5 Å². The summed E-state index contributed by atoms with van der Waals surface area (Å²) in [4.78, 5) is 28.2. The van der Waals surface area contributed by atoms with Crippen molar-refractivity contribution in [2.24, 2.45) is 0 Å². The SMILES string of the molecule is CC[C@H](C)c1ccc(-n2c(=O)c3ccccc3n3c(SCC(=O)N4CCCCC4)nnc23)cc1. The van der Waals surface area contributed by atoms with E-state index in [0.29, 0.717) is 28.0 Å². The number of carbonyl (C=O) groups is 1. The fraction of sp³-hybridized carbons (Fsp3) is 0.385. The zero-order chi connectivity index (χ0) is 23.7. The lowest BCUT2D eigenvalue weighted by atomic mass is 9.98. The summed E-state index contributed by atoms with van der Waals surface area (Å²) in [7, 11) is 0. The number of hydrogen-bond acceptors (Lipinski definition) is 5. The molecule has 2 aromatic heterocycles. The molecule has 34 heavy (non-hydrogen) atoms. The van der Waals surface area contributed by atoms with Crippen LogP contribution in [-0.2, 0) is 4.79 Å². The minimum Gasteiger partial charge on any atom is -0.342 e. The Balaban J connectivity index is 1.57. The number of benzene rings is 2. The van der Waals surface area contributed by atoms with Gasteiger partial charge < -0.3 is 4.90 Å². The monoisotopic (exact) mass is 475 g/mol. The van der Waals surface area contributed by atoms with Gasteiger partial charge in [0.25, 0.3) is 5.56 Å². The summed E-state index contributed by atoms with van der Waals surface area (Å²) in [6.07, 6.45) is 4.38. The highest BCUT2D eigenvalue weighted by atomic mass is 32.2. The fourth-order valence-corrected chi connectivity index (χ4v) is 5.40. The molecule has 0 aliphatic carbocycles. The molecule has 4 aromatic rings. The Morgan fingerprint density at radius 3 is 2.50 bits per heavy atom. The Bertz CT molecular complexity index is 1390. The fourth-order valence-electron chi connectivity index (χ4n) is 4.55. The van der Waals surface area contributed by atoms with Crippen molar-refractivity contribution in [2.45, 2.75) is 50.6 Å². The van der Waals surface area contributed by atoms with Gasteiger partial charge in [-0.25, -0.2) is 4.57 Å². The van der Waals surface area contributed by atoms with Gasteiger partial charge in [-0.15, -0.1) is 10.2 Å². The first kappa shape index (κ1) is 22.7. The van der Waals surface area contributed by atoms with Crippen molar-refractivity contribution in [3.8, 4) is 5.69 Å². The lowest BCUT2D eigenvalue weighted by molar-refractivity contribution is -0.129. The van der Waals surface area contributed by atoms with Crippen LogP contribution in [0.4, 0.5) is 0 Å². The molecule has 1 atom stereocenters. The first-order valence-corrected chi connectivity index (χ1v) is 13.0. The molecule has 176 valence electrons. The molecule has 3 heterocycles. The Kier molecular flexibility index (Phi) is 6.41. The summed E-state index contributed by atoms with van der Waals surface area (Å²) in [5.74, 6) is 1.33. The second kappa shape index (κ2) is 9.62. The molecule has 1 saturated heterocycles. The van der Waals surface area contributed by atoms with E-state index in [1.54, 1.807) is 4.57 Å². The number of aromatic nitrogens is 4. The smallest absolute Gasteiger partial charge is 0.267 e. The Morgan fingerprint density at radius 2 is 1.76 bits per heavy atom. The van der Waals surface area contributed by atoms with Crippen molar-refractivity contribution in [3.63, 3.8) is 0 Å². The van der Waals surface area contributed by atoms with Gasteiger partial charge in [-0.1, -0.05) is 49.9 Å². The molecule has 0 N–H and O–H groups in total. The zero-order valence-electron chi connectivity index (χ0n) is 19.6. The molecular weight excluding hydrogens is 446 g/mol. The highest BCUT2D eigenvalue weighted by Gasteiger charge is 2.21. The van der Waals surface area contributed by atoms with Gasteiger partial charge >= 0.3 is 0 Å². The average molecular weight is 476 g/mol. The van der Waals surface area contributed by atoms with E-state index in [0.717, 1.165) is 43.6 Å². The minimum absolute atomic E-state index is 0.125. The van der Waals surface area contributed by atoms with Crippen LogP contribution in [0.5, 0.6) is 0 Å². The zero-order valence-corrected chi connectivity index (χ0v) is 20.4. The number of thioether (sulfide) groups is 1. The van der Waals surface area contributed by atoms with Gasteiger partial charge in [0.2, 0.25) is 11.7 Å². The normalized spacial score (nSPS) is 15.2. The number of nitrogens with zero attached hydrogens (tertiary/aromatic N) is 5. The van der Waals surface area contributed by atoms with Crippen molar-refractivity contribution in [1.29, 1.82) is 0 Å². The van der Waals surface area contributed by atoms with Crippen LogP contribution in [0.2, 0.25) is 0 Å². The molecule has 2 aromatic carbocycles.